The Hall–Kier alpha value is -1.78. The van der Waals surface area contributed by atoms with Crippen LogP contribution >= 0.6 is 0 Å². The SMILES string of the molecule is C=CCC1(NOC)C(=O)CC(=O)c2ccccc21. The monoisotopic (exact) mass is 245 g/mol. The molecule has 18 heavy (non-hydrogen) atoms. The van der Waals surface area contributed by atoms with Crippen LogP contribution in [-0.2, 0) is 15.2 Å². The topological polar surface area (TPSA) is 55.4 Å². The van der Waals surface area contributed by atoms with E-state index in [0.717, 1.165) is 0 Å². The molecule has 0 aromatic heterocycles. The molecule has 0 bridgehead atoms. The molecule has 1 aliphatic carbocycles. The Labute approximate surface area is 106 Å². The summed E-state index contributed by atoms with van der Waals surface area (Å²) in [4.78, 5) is 29.1. The first-order valence-electron chi connectivity index (χ1n) is 5.73. The molecule has 0 radical (unpaired) electrons. The van der Waals surface area contributed by atoms with Gasteiger partial charge >= 0.3 is 0 Å². The average molecular weight is 245 g/mol. The number of nitrogens with one attached hydrogen (secondary N) is 1. The number of ketones is 2. The second-order valence-corrected chi connectivity index (χ2v) is 4.27. The molecular weight excluding hydrogens is 230 g/mol. The highest BCUT2D eigenvalue weighted by molar-refractivity contribution is 6.16. The summed E-state index contributed by atoms with van der Waals surface area (Å²) in [7, 11) is 1.46. The van der Waals surface area contributed by atoms with Crippen LogP contribution in [0.25, 0.3) is 0 Å². The lowest BCUT2D eigenvalue weighted by Gasteiger charge is -2.36. The van der Waals surface area contributed by atoms with Crippen molar-refractivity contribution < 1.29 is 14.4 Å². The van der Waals surface area contributed by atoms with Gasteiger partial charge in [0.15, 0.2) is 11.6 Å². The third kappa shape index (κ3) is 1.79. The van der Waals surface area contributed by atoms with Crippen LogP contribution in [0.1, 0.15) is 28.8 Å². The molecule has 1 aromatic rings. The molecule has 0 amide bonds. The first kappa shape index (κ1) is 12.7. The zero-order chi connectivity index (χ0) is 13.2. The molecule has 0 spiro atoms. The standard InChI is InChI=1S/C14H15NO3/c1-3-8-14(15-18-2)11-7-5-4-6-10(11)12(16)9-13(14)17/h3-7,15H,1,8-9H2,2H3. The van der Waals surface area contributed by atoms with E-state index in [1.165, 1.54) is 7.11 Å². The predicted molar refractivity (Wildman–Crippen MR) is 67.0 cm³/mol. The highest BCUT2D eigenvalue weighted by Crippen LogP contribution is 2.35. The van der Waals surface area contributed by atoms with Crippen LogP contribution < -0.4 is 5.48 Å². The van der Waals surface area contributed by atoms with Gasteiger partial charge < -0.3 is 4.84 Å². The average Bonchev–Trinajstić information content (AvgIpc) is 2.37. The molecule has 2 rings (SSSR count). The molecule has 1 N–H and O–H groups in total. The molecule has 1 unspecified atom stereocenters. The van der Waals surface area contributed by atoms with Gasteiger partial charge in [0.2, 0.25) is 0 Å². The minimum absolute atomic E-state index is 0.110. The largest absolute Gasteiger partial charge is 0.304 e. The molecule has 4 heteroatoms. The number of hydrogen-bond donors (Lipinski definition) is 1. The smallest absolute Gasteiger partial charge is 0.170 e. The molecule has 1 atom stereocenters. The number of hydrogen-bond acceptors (Lipinski definition) is 4. The van der Waals surface area contributed by atoms with Crippen LogP contribution in [0.2, 0.25) is 0 Å². The maximum atomic E-state index is 12.3. The van der Waals surface area contributed by atoms with Crippen molar-refractivity contribution in [2.24, 2.45) is 0 Å². The van der Waals surface area contributed by atoms with E-state index in [4.69, 9.17) is 4.84 Å². The van der Waals surface area contributed by atoms with Gasteiger partial charge in [-0.2, -0.15) is 5.48 Å². The minimum Gasteiger partial charge on any atom is -0.304 e. The molecule has 0 heterocycles. The van der Waals surface area contributed by atoms with Gasteiger partial charge in [0.05, 0.1) is 13.5 Å². The van der Waals surface area contributed by atoms with E-state index in [0.29, 0.717) is 17.5 Å². The third-order valence-corrected chi connectivity index (χ3v) is 3.21. The van der Waals surface area contributed by atoms with Gasteiger partial charge in [-0.05, 0) is 12.0 Å². The maximum Gasteiger partial charge on any atom is 0.170 e. The number of carbonyl (C=O) groups is 2. The first-order chi connectivity index (χ1) is 8.65. The zero-order valence-corrected chi connectivity index (χ0v) is 10.2. The fraction of sp³-hybridized carbons (Fsp3) is 0.286. The van der Waals surface area contributed by atoms with Crippen LogP contribution in [0, 0.1) is 0 Å². The summed E-state index contributed by atoms with van der Waals surface area (Å²) in [5, 5.41) is 0. The molecule has 0 fully saturated rings. The zero-order valence-electron chi connectivity index (χ0n) is 10.2. The van der Waals surface area contributed by atoms with Gasteiger partial charge in [0.1, 0.15) is 5.54 Å². The first-order valence-corrected chi connectivity index (χ1v) is 5.73. The van der Waals surface area contributed by atoms with Crippen LogP contribution in [0.4, 0.5) is 0 Å². The quantitative estimate of drug-likeness (QED) is 0.499. The summed E-state index contributed by atoms with van der Waals surface area (Å²) in [5.74, 6) is -0.332. The number of fused-ring (bicyclic) bond motifs is 1. The molecule has 0 saturated carbocycles. The van der Waals surface area contributed by atoms with E-state index in [-0.39, 0.29) is 18.0 Å². The van der Waals surface area contributed by atoms with E-state index in [9.17, 15) is 9.59 Å². The Morgan fingerprint density at radius 3 is 2.83 bits per heavy atom. The summed E-state index contributed by atoms with van der Waals surface area (Å²) in [6.07, 6.45) is 1.92. The Balaban J connectivity index is 2.63. The van der Waals surface area contributed by atoms with E-state index in [1.54, 1.807) is 30.3 Å². The van der Waals surface area contributed by atoms with Gasteiger partial charge in [0.25, 0.3) is 0 Å². The second kappa shape index (κ2) is 4.84. The van der Waals surface area contributed by atoms with E-state index in [2.05, 4.69) is 12.1 Å². The lowest BCUT2D eigenvalue weighted by Crippen LogP contribution is -2.52. The number of rotatable bonds is 4. The van der Waals surface area contributed by atoms with Gasteiger partial charge in [-0.1, -0.05) is 30.3 Å². The van der Waals surface area contributed by atoms with E-state index < -0.39 is 5.54 Å². The summed E-state index contributed by atoms with van der Waals surface area (Å²) < 4.78 is 0. The van der Waals surface area contributed by atoms with Gasteiger partial charge in [-0.15, -0.1) is 6.58 Å². The summed E-state index contributed by atoms with van der Waals surface area (Å²) in [5.41, 5.74) is 2.99. The van der Waals surface area contributed by atoms with Crippen molar-refractivity contribution in [1.82, 2.24) is 5.48 Å². The maximum absolute atomic E-state index is 12.3. The molecule has 1 aromatic carbocycles. The number of hydroxylamine groups is 1. The van der Waals surface area contributed by atoms with Gasteiger partial charge in [-0.3, -0.25) is 9.59 Å². The van der Waals surface area contributed by atoms with Crippen molar-refractivity contribution in [3.05, 3.63) is 48.0 Å². The molecule has 4 nitrogen and oxygen atoms in total. The lowest BCUT2D eigenvalue weighted by molar-refractivity contribution is -0.131. The van der Waals surface area contributed by atoms with Crippen molar-refractivity contribution in [2.75, 3.05) is 7.11 Å². The molecule has 1 aliphatic rings. The third-order valence-electron chi connectivity index (χ3n) is 3.21. The normalized spacial score (nSPS) is 22.7. The Kier molecular flexibility index (Phi) is 3.41. The van der Waals surface area contributed by atoms with Crippen molar-refractivity contribution in [1.29, 1.82) is 0 Å². The highest BCUT2D eigenvalue weighted by Gasteiger charge is 2.45. The molecule has 0 aliphatic heterocycles. The summed E-state index contributed by atoms with van der Waals surface area (Å²) >= 11 is 0. The summed E-state index contributed by atoms with van der Waals surface area (Å²) in [6.45, 7) is 3.68. The number of carbonyl (C=O) groups excluding carboxylic acids is 2. The number of Topliss-reactive ketones (excluding diaryl/α,β-unsaturated/α-hetero) is 2. The van der Waals surface area contributed by atoms with Crippen molar-refractivity contribution in [2.45, 2.75) is 18.4 Å². The summed E-state index contributed by atoms with van der Waals surface area (Å²) in [6, 6.07) is 7.11. The van der Waals surface area contributed by atoms with Crippen LogP contribution in [0.15, 0.2) is 36.9 Å². The number of benzene rings is 1. The highest BCUT2D eigenvalue weighted by atomic mass is 16.6. The van der Waals surface area contributed by atoms with Crippen molar-refractivity contribution in [3.8, 4) is 0 Å². The van der Waals surface area contributed by atoms with E-state index >= 15 is 0 Å². The van der Waals surface area contributed by atoms with Crippen LogP contribution in [0.3, 0.4) is 0 Å². The fourth-order valence-electron chi connectivity index (χ4n) is 2.41. The Bertz CT molecular complexity index is 510. The van der Waals surface area contributed by atoms with Crippen molar-refractivity contribution >= 4 is 11.6 Å². The lowest BCUT2D eigenvalue weighted by atomic mass is 9.73. The molecular formula is C14H15NO3. The van der Waals surface area contributed by atoms with Gasteiger partial charge in [-0.25, -0.2) is 0 Å². The molecule has 0 saturated heterocycles. The van der Waals surface area contributed by atoms with Gasteiger partial charge in [0, 0.05) is 5.56 Å². The van der Waals surface area contributed by atoms with Crippen LogP contribution in [0.5, 0.6) is 0 Å². The fourth-order valence-corrected chi connectivity index (χ4v) is 2.41. The van der Waals surface area contributed by atoms with E-state index in [1.807, 2.05) is 0 Å². The molecule has 94 valence electrons. The second-order valence-electron chi connectivity index (χ2n) is 4.27. The van der Waals surface area contributed by atoms with Crippen molar-refractivity contribution in [3.63, 3.8) is 0 Å². The predicted octanol–water partition coefficient (Wildman–Crippen LogP) is 1.76. The Morgan fingerprint density at radius 2 is 2.17 bits per heavy atom. The minimum atomic E-state index is -0.999. The Morgan fingerprint density at radius 1 is 1.44 bits per heavy atom. The van der Waals surface area contributed by atoms with Crippen LogP contribution in [-0.4, -0.2) is 18.7 Å².